The Morgan fingerprint density at radius 2 is 2.24 bits per heavy atom. The topological polar surface area (TPSA) is 114 Å². The molecule has 9 heteroatoms. The summed E-state index contributed by atoms with van der Waals surface area (Å²) in [7, 11) is 0. The predicted octanol–water partition coefficient (Wildman–Crippen LogP) is -0.247. The minimum absolute atomic E-state index is 0.253. The molecule has 0 atom stereocenters. The van der Waals surface area contributed by atoms with Crippen molar-refractivity contribution >= 4 is 5.91 Å². The van der Waals surface area contributed by atoms with Crippen molar-refractivity contribution in [1.29, 1.82) is 0 Å². The minimum atomic E-state index is -0.271. The smallest absolute Gasteiger partial charge is 0.271 e. The monoisotopic (exact) mass is 284 g/mol. The van der Waals surface area contributed by atoms with Gasteiger partial charge in [-0.25, -0.2) is 14.6 Å². The molecule has 0 fully saturated rings. The lowest BCUT2D eigenvalue weighted by Crippen LogP contribution is -2.27. The molecule has 3 aromatic heterocycles. The lowest BCUT2D eigenvalue weighted by Gasteiger charge is -2.04. The molecule has 0 radical (unpaired) electrons. The van der Waals surface area contributed by atoms with E-state index in [9.17, 15) is 4.79 Å². The van der Waals surface area contributed by atoms with Crippen molar-refractivity contribution in [1.82, 2.24) is 40.2 Å². The molecule has 106 valence electrons. The Morgan fingerprint density at radius 1 is 1.29 bits per heavy atom. The van der Waals surface area contributed by atoms with E-state index in [0.29, 0.717) is 18.8 Å². The first-order valence-electron chi connectivity index (χ1n) is 6.27. The first-order chi connectivity index (χ1) is 10.3. The van der Waals surface area contributed by atoms with Gasteiger partial charge in [0, 0.05) is 24.9 Å². The first kappa shape index (κ1) is 12.9. The number of nitrogens with one attached hydrogen (secondary N) is 2. The number of imidazole rings is 1. The number of carbonyl (C=O) groups is 1. The van der Waals surface area contributed by atoms with Crippen molar-refractivity contribution in [3.05, 3.63) is 48.7 Å². The molecule has 0 aliphatic rings. The van der Waals surface area contributed by atoms with Crippen molar-refractivity contribution in [3.63, 3.8) is 0 Å². The highest BCUT2D eigenvalue weighted by atomic mass is 16.1. The lowest BCUT2D eigenvalue weighted by atomic mass is 10.3. The minimum Gasteiger partial charge on any atom is -0.350 e. The van der Waals surface area contributed by atoms with E-state index in [4.69, 9.17) is 0 Å². The maximum absolute atomic E-state index is 11.9. The van der Waals surface area contributed by atoms with E-state index in [0.717, 1.165) is 5.69 Å². The van der Waals surface area contributed by atoms with Gasteiger partial charge in [0.1, 0.15) is 12.7 Å². The Kier molecular flexibility index (Phi) is 3.63. The Hall–Kier alpha value is -3.10. The maximum atomic E-state index is 11.9. The van der Waals surface area contributed by atoms with E-state index in [-0.39, 0.29) is 11.6 Å². The van der Waals surface area contributed by atoms with E-state index in [1.807, 2.05) is 0 Å². The van der Waals surface area contributed by atoms with Crippen LogP contribution in [0.1, 0.15) is 16.2 Å². The van der Waals surface area contributed by atoms with Crippen LogP contribution in [0.5, 0.6) is 0 Å². The van der Waals surface area contributed by atoms with Gasteiger partial charge >= 0.3 is 0 Å². The molecule has 9 nitrogen and oxygen atoms in total. The fraction of sp³-hybridized carbons (Fsp3) is 0.167. The van der Waals surface area contributed by atoms with Crippen molar-refractivity contribution in [2.45, 2.75) is 6.42 Å². The van der Waals surface area contributed by atoms with Crippen molar-refractivity contribution in [2.75, 3.05) is 6.54 Å². The molecule has 21 heavy (non-hydrogen) atoms. The number of H-pyrrole nitrogens is 1. The van der Waals surface area contributed by atoms with Crippen LogP contribution in [0.15, 0.2) is 37.3 Å². The summed E-state index contributed by atoms with van der Waals surface area (Å²) < 4.78 is 1.47. The molecule has 0 unspecified atom stereocenters. The van der Waals surface area contributed by atoms with Gasteiger partial charge in [-0.2, -0.15) is 5.10 Å². The third-order valence-corrected chi connectivity index (χ3v) is 2.77. The molecule has 3 heterocycles. The number of carbonyl (C=O) groups excluding carboxylic acids is 1. The molecule has 0 saturated carbocycles. The molecule has 0 bridgehead atoms. The van der Waals surface area contributed by atoms with Gasteiger partial charge in [0.2, 0.25) is 0 Å². The standard InChI is InChI=1S/C12H12N8O/c21-12(15-4-3-9-5-13-6-16-9)10-1-2-11(19-18-10)20-8-14-7-17-20/h1-2,5-8H,3-4H2,(H,13,16)(H,15,21). The van der Waals surface area contributed by atoms with Crippen LogP contribution in [0.2, 0.25) is 0 Å². The van der Waals surface area contributed by atoms with Gasteiger partial charge in [-0.15, -0.1) is 10.2 Å². The van der Waals surface area contributed by atoms with Gasteiger partial charge in [0.05, 0.1) is 6.33 Å². The Morgan fingerprint density at radius 3 is 2.90 bits per heavy atom. The summed E-state index contributed by atoms with van der Waals surface area (Å²) >= 11 is 0. The maximum Gasteiger partial charge on any atom is 0.271 e. The first-order valence-corrected chi connectivity index (χ1v) is 6.27. The van der Waals surface area contributed by atoms with Crippen LogP contribution in [-0.2, 0) is 6.42 Å². The molecular weight excluding hydrogens is 272 g/mol. The third kappa shape index (κ3) is 3.08. The predicted molar refractivity (Wildman–Crippen MR) is 71.6 cm³/mol. The average molecular weight is 284 g/mol. The highest BCUT2D eigenvalue weighted by Gasteiger charge is 2.08. The van der Waals surface area contributed by atoms with Crippen LogP contribution >= 0.6 is 0 Å². The zero-order valence-electron chi connectivity index (χ0n) is 11.0. The summed E-state index contributed by atoms with van der Waals surface area (Å²) in [4.78, 5) is 22.6. The fourth-order valence-electron chi connectivity index (χ4n) is 1.72. The number of hydrogen-bond acceptors (Lipinski definition) is 6. The summed E-state index contributed by atoms with van der Waals surface area (Å²) in [5, 5.41) is 14.5. The molecule has 0 aromatic carbocycles. The number of nitrogens with zero attached hydrogens (tertiary/aromatic N) is 6. The fourth-order valence-corrected chi connectivity index (χ4v) is 1.72. The SMILES string of the molecule is O=C(NCCc1cnc[nH]1)c1ccc(-n2cncn2)nn1. The van der Waals surface area contributed by atoms with Crippen LogP contribution in [0.25, 0.3) is 5.82 Å². The number of aromatic nitrogens is 7. The molecule has 3 aromatic rings. The van der Waals surface area contributed by atoms with E-state index < -0.39 is 0 Å². The molecule has 0 aliphatic heterocycles. The summed E-state index contributed by atoms with van der Waals surface area (Å²) in [5.41, 5.74) is 1.21. The largest absolute Gasteiger partial charge is 0.350 e. The molecule has 2 N–H and O–H groups in total. The number of amides is 1. The highest BCUT2D eigenvalue weighted by molar-refractivity contribution is 5.92. The summed E-state index contributed by atoms with van der Waals surface area (Å²) in [5.74, 6) is 0.230. The number of rotatable bonds is 5. The molecule has 0 saturated heterocycles. The molecule has 0 spiro atoms. The van der Waals surface area contributed by atoms with Gasteiger partial charge in [-0.3, -0.25) is 4.79 Å². The second-order valence-corrected chi connectivity index (χ2v) is 4.20. The highest BCUT2D eigenvalue weighted by Crippen LogP contribution is 2.01. The lowest BCUT2D eigenvalue weighted by molar-refractivity contribution is 0.0948. The Balaban J connectivity index is 1.57. The number of hydrogen-bond donors (Lipinski definition) is 2. The van der Waals surface area contributed by atoms with Crippen LogP contribution in [0.3, 0.4) is 0 Å². The second-order valence-electron chi connectivity index (χ2n) is 4.20. The summed E-state index contributed by atoms with van der Waals surface area (Å²) in [6, 6.07) is 3.25. The van der Waals surface area contributed by atoms with Gasteiger partial charge in [0.25, 0.3) is 5.91 Å². The van der Waals surface area contributed by atoms with Crippen LogP contribution < -0.4 is 5.32 Å². The van der Waals surface area contributed by atoms with Crippen LogP contribution in [0, 0.1) is 0 Å². The Labute approximate surface area is 119 Å². The van der Waals surface area contributed by atoms with E-state index >= 15 is 0 Å². The number of aromatic amines is 1. The zero-order valence-corrected chi connectivity index (χ0v) is 11.0. The summed E-state index contributed by atoms with van der Waals surface area (Å²) in [6.07, 6.45) is 6.91. The van der Waals surface area contributed by atoms with Gasteiger partial charge < -0.3 is 10.3 Å². The summed E-state index contributed by atoms with van der Waals surface area (Å²) in [6.45, 7) is 0.494. The quantitative estimate of drug-likeness (QED) is 0.668. The van der Waals surface area contributed by atoms with E-state index in [1.54, 1.807) is 24.7 Å². The molecule has 3 rings (SSSR count). The van der Waals surface area contributed by atoms with Crippen molar-refractivity contribution in [2.24, 2.45) is 0 Å². The van der Waals surface area contributed by atoms with Crippen molar-refractivity contribution < 1.29 is 4.79 Å². The molecule has 1 amide bonds. The van der Waals surface area contributed by atoms with E-state index in [1.165, 1.54) is 17.3 Å². The van der Waals surface area contributed by atoms with E-state index in [2.05, 4.69) is 35.6 Å². The molecule has 0 aliphatic carbocycles. The van der Waals surface area contributed by atoms with Gasteiger partial charge in [0.15, 0.2) is 11.5 Å². The third-order valence-electron chi connectivity index (χ3n) is 2.77. The Bertz CT molecular complexity index is 689. The van der Waals surface area contributed by atoms with Gasteiger partial charge in [-0.05, 0) is 12.1 Å². The normalized spacial score (nSPS) is 10.5. The molecular formula is C12H12N8O. The average Bonchev–Trinajstić information content (AvgIpc) is 3.21. The van der Waals surface area contributed by atoms with Gasteiger partial charge in [-0.1, -0.05) is 0 Å². The second kappa shape index (κ2) is 5.90. The van der Waals surface area contributed by atoms with Crippen molar-refractivity contribution in [3.8, 4) is 5.82 Å². The van der Waals surface area contributed by atoms with Crippen LogP contribution in [-0.4, -0.2) is 47.4 Å². The van der Waals surface area contributed by atoms with Crippen LogP contribution in [0.4, 0.5) is 0 Å². The zero-order chi connectivity index (χ0) is 14.5.